The highest BCUT2D eigenvalue weighted by Crippen LogP contribution is 2.25. The van der Waals surface area contributed by atoms with Gasteiger partial charge in [0.25, 0.3) is 0 Å². The average molecular weight is 241 g/mol. The third-order valence-electron chi connectivity index (χ3n) is 2.00. The number of H-pyrrole nitrogens is 1. The van der Waals surface area contributed by atoms with Crippen LogP contribution in [0.1, 0.15) is 11.3 Å². The summed E-state index contributed by atoms with van der Waals surface area (Å²) < 4.78 is 5.01. The highest BCUT2D eigenvalue weighted by Gasteiger charge is 2.11. The fourth-order valence-electron chi connectivity index (χ4n) is 1.25. The first-order chi connectivity index (χ1) is 6.33. The van der Waals surface area contributed by atoms with E-state index in [9.17, 15) is 0 Å². The monoisotopic (exact) mass is 240 g/mol. The van der Waals surface area contributed by atoms with E-state index in [-0.39, 0.29) is 0 Å². The summed E-state index contributed by atoms with van der Waals surface area (Å²) >= 11 is 3.43. The third-order valence-corrected chi connectivity index (χ3v) is 2.56. The number of aromatic amines is 1. The number of aryl methyl sites for hydroxylation is 1. The molecular formula is C9H9BrN2O. The molecule has 0 spiro atoms. The number of furan rings is 1. The minimum atomic E-state index is 0.801. The van der Waals surface area contributed by atoms with Crippen molar-refractivity contribution in [3.63, 3.8) is 0 Å². The number of nitrogens with zero attached hydrogens (tertiary/aromatic N) is 1. The zero-order valence-electron chi connectivity index (χ0n) is 7.17. The fraction of sp³-hybridized carbons (Fsp3) is 0.222. The zero-order chi connectivity index (χ0) is 9.26. The van der Waals surface area contributed by atoms with Gasteiger partial charge in [0.05, 0.1) is 18.2 Å². The van der Waals surface area contributed by atoms with Crippen molar-refractivity contribution in [2.75, 3.05) is 0 Å². The smallest absolute Gasteiger partial charge is 0.0997 e. The maximum Gasteiger partial charge on any atom is 0.0997 e. The van der Waals surface area contributed by atoms with Crippen molar-refractivity contribution in [1.29, 1.82) is 0 Å². The first-order valence-corrected chi connectivity index (χ1v) is 5.07. The summed E-state index contributed by atoms with van der Waals surface area (Å²) in [6, 6.07) is 1.90. The molecule has 2 rings (SSSR count). The average Bonchev–Trinajstić information content (AvgIpc) is 2.71. The van der Waals surface area contributed by atoms with E-state index in [4.69, 9.17) is 4.42 Å². The molecule has 0 aliphatic carbocycles. The van der Waals surface area contributed by atoms with Gasteiger partial charge in [-0.2, -0.15) is 5.10 Å². The van der Waals surface area contributed by atoms with E-state index < -0.39 is 0 Å². The number of nitrogens with one attached hydrogen (secondary N) is 1. The number of hydrogen-bond donors (Lipinski definition) is 1. The Morgan fingerprint density at radius 2 is 2.46 bits per heavy atom. The van der Waals surface area contributed by atoms with Crippen molar-refractivity contribution >= 4 is 15.9 Å². The molecule has 4 heteroatoms. The molecule has 13 heavy (non-hydrogen) atoms. The topological polar surface area (TPSA) is 41.8 Å². The van der Waals surface area contributed by atoms with E-state index in [1.54, 1.807) is 12.5 Å². The van der Waals surface area contributed by atoms with Gasteiger partial charge in [-0.25, -0.2) is 0 Å². The molecule has 0 aliphatic rings. The normalized spacial score (nSPS) is 10.6. The van der Waals surface area contributed by atoms with Gasteiger partial charge in [0.2, 0.25) is 0 Å². The van der Waals surface area contributed by atoms with Gasteiger partial charge in [0.15, 0.2) is 0 Å². The van der Waals surface area contributed by atoms with Gasteiger partial charge in [-0.1, -0.05) is 15.9 Å². The molecule has 0 unspecified atom stereocenters. The summed E-state index contributed by atoms with van der Waals surface area (Å²) in [4.78, 5) is 0. The summed E-state index contributed by atoms with van der Waals surface area (Å²) in [5, 5.41) is 7.97. The summed E-state index contributed by atoms with van der Waals surface area (Å²) in [6.07, 6.45) is 3.35. The Morgan fingerprint density at radius 1 is 1.62 bits per heavy atom. The van der Waals surface area contributed by atoms with Crippen molar-refractivity contribution in [2.24, 2.45) is 0 Å². The van der Waals surface area contributed by atoms with E-state index in [0.717, 1.165) is 22.3 Å². The Balaban J connectivity index is 2.52. The molecule has 0 atom stereocenters. The molecule has 0 aromatic carbocycles. The quantitative estimate of drug-likeness (QED) is 0.821. The minimum absolute atomic E-state index is 0.801. The van der Waals surface area contributed by atoms with Crippen LogP contribution in [0.15, 0.2) is 23.0 Å². The second kappa shape index (κ2) is 3.38. The van der Waals surface area contributed by atoms with Crippen molar-refractivity contribution in [3.05, 3.63) is 29.9 Å². The lowest BCUT2D eigenvalue weighted by atomic mass is 10.1. The molecule has 0 fully saturated rings. The lowest BCUT2D eigenvalue weighted by molar-refractivity contribution is 0.568. The molecule has 2 aromatic rings. The highest BCUT2D eigenvalue weighted by molar-refractivity contribution is 9.08. The molecule has 0 radical (unpaired) electrons. The van der Waals surface area contributed by atoms with Gasteiger partial charge in [0.1, 0.15) is 0 Å². The molecule has 0 saturated heterocycles. The predicted octanol–water partition coefficient (Wildman–Crippen LogP) is 2.87. The van der Waals surface area contributed by atoms with Gasteiger partial charge >= 0.3 is 0 Å². The predicted molar refractivity (Wildman–Crippen MR) is 53.7 cm³/mol. The lowest BCUT2D eigenvalue weighted by Gasteiger charge is -1.94. The highest BCUT2D eigenvalue weighted by atomic mass is 79.9. The maximum atomic E-state index is 5.01. The van der Waals surface area contributed by atoms with E-state index in [0.29, 0.717) is 0 Å². The van der Waals surface area contributed by atoms with Gasteiger partial charge < -0.3 is 4.42 Å². The molecule has 2 heterocycles. The zero-order valence-corrected chi connectivity index (χ0v) is 8.76. The summed E-state index contributed by atoms with van der Waals surface area (Å²) in [5.41, 5.74) is 4.25. The summed E-state index contributed by atoms with van der Waals surface area (Å²) in [7, 11) is 0. The van der Waals surface area contributed by atoms with E-state index >= 15 is 0 Å². The van der Waals surface area contributed by atoms with Crippen LogP contribution in [0.4, 0.5) is 0 Å². The first kappa shape index (κ1) is 8.56. The second-order valence-corrected chi connectivity index (χ2v) is 3.38. The standard InChI is InChI=1S/C9H9BrN2O/c1-6-8(4-10)9(12-11-6)7-2-3-13-5-7/h2-3,5H,4H2,1H3,(H,11,12). The number of hydrogen-bond acceptors (Lipinski definition) is 2. The Morgan fingerprint density at radius 3 is 3.08 bits per heavy atom. The Kier molecular flexibility index (Phi) is 2.22. The lowest BCUT2D eigenvalue weighted by Crippen LogP contribution is -1.81. The second-order valence-electron chi connectivity index (χ2n) is 2.82. The molecule has 2 aromatic heterocycles. The van der Waals surface area contributed by atoms with E-state index in [2.05, 4.69) is 26.1 Å². The van der Waals surface area contributed by atoms with Gasteiger partial charge in [-0.05, 0) is 13.0 Å². The van der Waals surface area contributed by atoms with Crippen LogP contribution in [-0.4, -0.2) is 10.2 Å². The van der Waals surface area contributed by atoms with E-state index in [1.165, 1.54) is 5.56 Å². The maximum absolute atomic E-state index is 5.01. The third kappa shape index (κ3) is 1.42. The summed E-state index contributed by atoms with van der Waals surface area (Å²) in [6.45, 7) is 2.01. The van der Waals surface area contributed by atoms with Gasteiger partial charge in [0, 0.05) is 22.2 Å². The number of alkyl halides is 1. The van der Waals surface area contributed by atoms with Crippen LogP contribution in [0.25, 0.3) is 11.3 Å². The van der Waals surface area contributed by atoms with Crippen LogP contribution in [0.5, 0.6) is 0 Å². The largest absolute Gasteiger partial charge is 0.472 e. The minimum Gasteiger partial charge on any atom is -0.472 e. The SMILES string of the molecule is Cc1[nH]nc(-c2ccoc2)c1CBr. The van der Waals surface area contributed by atoms with Crippen LogP contribution in [0, 0.1) is 6.92 Å². The molecule has 1 N–H and O–H groups in total. The first-order valence-electron chi connectivity index (χ1n) is 3.95. The molecule has 0 bridgehead atoms. The van der Waals surface area contributed by atoms with Crippen molar-refractivity contribution in [1.82, 2.24) is 10.2 Å². The van der Waals surface area contributed by atoms with Crippen molar-refractivity contribution in [2.45, 2.75) is 12.3 Å². The molecule has 0 aliphatic heterocycles. The molecule has 3 nitrogen and oxygen atoms in total. The van der Waals surface area contributed by atoms with Crippen molar-refractivity contribution in [3.8, 4) is 11.3 Å². The van der Waals surface area contributed by atoms with E-state index in [1.807, 2.05) is 13.0 Å². The number of rotatable bonds is 2. The van der Waals surface area contributed by atoms with Crippen LogP contribution in [0.2, 0.25) is 0 Å². The Bertz CT molecular complexity index is 392. The van der Waals surface area contributed by atoms with Crippen LogP contribution in [0.3, 0.4) is 0 Å². The Labute approximate surface area is 84.3 Å². The molecule has 0 saturated carbocycles. The van der Waals surface area contributed by atoms with Gasteiger partial charge in [-0.15, -0.1) is 0 Å². The molecular weight excluding hydrogens is 232 g/mol. The van der Waals surface area contributed by atoms with Crippen molar-refractivity contribution < 1.29 is 4.42 Å². The Hall–Kier alpha value is -1.03. The molecule has 0 amide bonds. The van der Waals surface area contributed by atoms with Crippen LogP contribution < -0.4 is 0 Å². The summed E-state index contributed by atoms with van der Waals surface area (Å²) in [5.74, 6) is 0. The van der Waals surface area contributed by atoms with Crippen LogP contribution >= 0.6 is 15.9 Å². The number of aromatic nitrogens is 2. The molecule has 68 valence electrons. The fourth-order valence-corrected chi connectivity index (χ4v) is 1.94. The van der Waals surface area contributed by atoms with Gasteiger partial charge in [-0.3, -0.25) is 5.10 Å². The number of halogens is 1. The van der Waals surface area contributed by atoms with Crippen LogP contribution in [-0.2, 0) is 5.33 Å².